The van der Waals surface area contributed by atoms with E-state index >= 15 is 0 Å². The van der Waals surface area contributed by atoms with E-state index in [0.717, 1.165) is 55.4 Å². The topological polar surface area (TPSA) is 53.6 Å². The SMILES string of the molecule is COc1ccccc1N1CCC(NC(=O)CC2CSCCN2)CC1.Cl.Cl. The number of para-hydroxylation sites is 2. The average Bonchev–Trinajstić information content (AvgIpc) is 2.63. The number of ether oxygens (including phenoxy) is 1. The fraction of sp³-hybridized carbons (Fsp3) is 0.611. The van der Waals surface area contributed by atoms with Gasteiger partial charge in [-0.05, 0) is 25.0 Å². The second-order valence-electron chi connectivity index (χ2n) is 6.43. The van der Waals surface area contributed by atoms with Crippen molar-refractivity contribution in [2.24, 2.45) is 0 Å². The minimum absolute atomic E-state index is 0. The number of amides is 1. The molecule has 1 unspecified atom stereocenters. The fourth-order valence-corrected chi connectivity index (χ4v) is 4.37. The summed E-state index contributed by atoms with van der Waals surface area (Å²) in [6.07, 6.45) is 2.56. The van der Waals surface area contributed by atoms with Gasteiger partial charge in [-0.3, -0.25) is 4.79 Å². The highest BCUT2D eigenvalue weighted by molar-refractivity contribution is 7.99. The molecule has 2 N–H and O–H groups in total. The molecular weight excluding hydrogens is 393 g/mol. The number of hydrogen-bond donors (Lipinski definition) is 2. The van der Waals surface area contributed by atoms with E-state index in [1.165, 1.54) is 0 Å². The molecule has 5 nitrogen and oxygen atoms in total. The Bertz CT molecular complexity index is 551. The van der Waals surface area contributed by atoms with Crippen molar-refractivity contribution in [3.05, 3.63) is 24.3 Å². The largest absolute Gasteiger partial charge is 0.495 e. The van der Waals surface area contributed by atoms with Gasteiger partial charge in [0.15, 0.2) is 0 Å². The molecule has 0 spiro atoms. The highest BCUT2D eigenvalue weighted by Gasteiger charge is 2.24. The van der Waals surface area contributed by atoms with Gasteiger partial charge < -0.3 is 20.3 Å². The molecule has 2 fully saturated rings. The van der Waals surface area contributed by atoms with Crippen LogP contribution in [0.2, 0.25) is 0 Å². The molecule has 0 aliphatic carbocycles. The second kappa shape index (κ2) is 11.8. The molecule has 1 amide bonds. The molecule has 1 aromatic rings. The van der Waals surface area contributed by atoms with Crippen molar-refractivity contribution >= 4 is 48.2 Å². The van der Waals surface area contributed by atoms with Crippen LogP contribution in [-0.4, -0.2) is 56.2 Å². The quantitative estimate of drug-likeness (QED) is 0.765. The van der Waals surface area contributed by atoms with Crippen LogP contribution in [0.4, 0.5) is 5.69 Å². The molecule has 2 saturated heterocycles. The number of hydrogen-bond acceptors (Lipinski definition) is 5. The third-order valence-electron chi connectivity index (χ3n) is 4.72. The number of carbonyl (C=O) groups excluding carboxylic acids is 1. The first-order valence-corrected chi connectivity index (χ1v) is 9.90. The molecule has 0 radical (unpaired) electrons. The molecule has 0 saturated carbocycles. The normalized spacial score (nSPS) is 20.5. The lowest BCUT2D eigenvalue weighted by Gasteiger charge is -2.35. The summed E-state index contributed by atoms with van der Waals surface area (Å²) >= 11 is 1.93. The van der Waals surface area contributed by atoms with Crippen LogP contribution in [0.25, 0.3) is 0 Å². The van der Waals surface area contributed by atoms with E-state index < -0.39 is 0 Å². The van der Waals surface area contributed by atoms with Gasteiger partial charge in [-0.15, -0.1) is 24.8 Å². The first-order valence-electron chi connectivity index (χ1n) is 8.74. The van der Waals surface area contributed by atoms with Gasteiger partial charge in [-0.1, -0.05) is 12.1 Å². The number of nitrogens with zero attached hydrogens (tertiary/aromatic N) is 1. The van der Waals surface area contributed by atoms with Gasteiger partial charge >= 0.3 is 0 Å². The van der Waals surface area contributed by atoms with Crippen molar-refractivity contribution in [2.45, 2.75) is 31.3 Å². The Balaban J connectivity index is 0.00000169. The summed E-state index contributed by atoms with van der Waals surface area (Å²) < 4.78 is 5.45. The molecule has 0 aromatic heterocycles. The van der Waals surface area contributed by atoms with E-state index in [4.69, 9.17) is 4.74 Å². The molecular formula is C18H29Cl2N3O2S. The molecule has 1 atom stereocenters. The molecule has 0 bridgehead atoms. The smallest absolute Gasteiger partial charge is 0.221 e. The van der Waals surface area contributed by atoms with Crippen molar-refractivity contribution in [3.63, 3.8) is 0 Å². The number of thioether (sulfide) groups is 1. The first kappa shape index (κ1) is 23.2. The van der Waals surface area contributed by atoms with Crippen molar-refractivity contribution in [3.8, 4) is 5.75 Å². The van der Waals surface area contributed by atoms with Crippen LogP contribution >= 0.6 is 36.6 Å². The zero-order valence-corrected chi connectivity index (χ0v) is 17.6. The number of methoxy groups -OCH3 is 1. The third-order valence-corrected chi connectivity index (χ3v) is 5.85. The summed E-state index contributed by atoms with van der Waals surface area (Å²) in [5, 5.41) is 6.65. The molecule has 148 valence electrons. The Labute approximate surface area is 172 Å². The number of benzene rings is 1. The van der Waals surface area contributed by atoms with E-state index in [0.29, 0.717) is 18.5 Å². The fourth-order valence-electron chi connectivity index (χ4n) is 3.42. The highest BCUT2D eigenvalue weighted by atomic mass is 35.5. The maximum Gasteiger partial charge on any atom is 0.221 e. The Kier molecular flexibility index (Phi) is 10.5. The summed E-state index contributed by atoms with van der Waals surface area (Å²) in [4.78, 5) is 14.6. The van der Waals surface area contributed by atoms with Crippen LogP contribution in [0.15, 0.2) is 24.3 Å². The number of carbonyl (C=O) groups is 1. The maximum absolute atomic E-state index is 12.2. The minimum Gasteiger partial charge on any atom is -0.495 e. The van der Waals surface area contributed by atoms with Gasteiger partial charge in [0.1, 0.15) is 5.75 Å². The lowest BCUT2D eigenvalue weighted by molar-refractivity contribution is -0.122. The Hall–Kier alpha value is -0.820. The van der Waals surface area contributed by atoms with Crippen LogP contribution in [0.3, 0.4) is 0 Å². The number of rotatable bonds is 5. The molecule has 8 heteroatoms. The monoisotopic (exact) mass is 421 g/mol. The van der Waals surface area contributed by atoms with E-state index in [-0.39, 0.29) is 30.7 Å². The van der Waals surface area contributed by atoms with Crippen molar-refractivity contribution in [1.82, 2.24) is 10.6 Å². The molecule has 3 rings (SSSR count). The van der Waals surface area contributed by atoms with Crippen LogP contribution in [0.1, 0.15) is 19.3 Å². The molecule has 2 aliphatic heterocycles. The van der Waals surface area contributed by atoms with Crippen LogP contribution in [0.5, 0.6) is 5.75 Å². The van der Waals surface area contributed by atoms with Crippen molar-refractivity contribution < 1.29 is 9.53 Å². The predicted molar refractivity (Wildman–Crippen MR) is 115 cm³/mol. The van der Waals surface area contributed by atoms with Crippen LogP contribution in [0, 0.1) is 0 Å². The molecule has 2 heterocycles. The lowest BCUT2D eigenvalue weighted by atomic mass is 10.0. The summed E-state index contributed by atoms with van der Waals surface area (Å²) in [6, 6.07) is 8.76. The number of piperidine rings is 1. The van der Waals surface area contributed by atoms with E-state index in [1.807, 2.05) is 30.0 Å². The standard InChI is InChI=1S/C18H27N3O2S.2ClH/c1-23-17-5-3-2-4-16(17)21-9-6-14(7-10-21)20-18(22)12-15-13-24-11-8-19-15;;/h2-5,14-15,19H,6-13H2,1H3,(H,20,22);2*1H. The highest BCUT2D eigenvalue weighted by Crippen LogP contribution is 2.29. The van der Waals surface area contributed by atoms with E-state index in [1.54, 1.807) is 7.11 Å². The maximum atomic E-state index is 12.2. The average molecular weight is 422 g/mol. The Morgan fingerprint density at radius 2 is 2.04 bits per heavy atom. The van der Waals surface area contributed by atoms with Gasteiger partial charge in [0.05, 0.1) is 12.8 Å². The van der Waals surface area contributed by atoms with Gasteiger partial charge in [0, 0.05) is 49.6 Å². The van der Waals surface area contributed by atoms with E-state index in [9.17, 15) is 4.79 Å². The summed E-state index contributed by atoms with van der Waals surface area (Å²) in [5.74, 6) is 3.30. The Morgan fingerprint density at radius 3 is 2.69 bits per heavy atom. The number of anilines is 1. The summed E-state index contributed by atoms with van der Waals surface area (Å²) in [5.41, 5.74) is 1.15. The van der Waals surface area contributed by atoms with Crippen molar-refractivity contribution in [1.29, 1.82) is 0 Å². The number of halogens is 2. The second-order valence-corrected chi connectivity index (χ2v) is 7.58. The summed E-state index contributed by atoms with van der Waals surface area (Å²) in [7, 11) is 1.71. The van der Waals surface area contributed by atoms with Gasteiger partial charge in [0.25, 0.3) is 0 Å². The zero-order chi connectivity index (χ0) is 16.8. The predicted octanol–water partition coefficient (Wildman–Crippen LogP) is 2.72. The number of nitrogens with one attached hydrogen (secondary N) is 2. The molecule has 26 heavy (non-hydrogen) atoms. The van der Waals surface area contributed by atoms with Gasteiger partial charge in [-0.2, -0.15) is 11.8 Å². The van der Waals surface area contributed by atoms with E-state index in [2.05, 4.69) is 21.6 Å². The molecule has 1 aromatic carbocycles. The third kappa shape index (κ3) is 6.41. The van der Waals surface area contributed by atoms with Crippen molar-refractivity contribution in [2.75, 3.05) is 43.1 Å². The van der Waals surface area contributed by atoms with Gasteiger partial charge in [-0.25, -0.2) is 0 Å². The minimum atomic E-state index is 0. The van der Waals surface area contributed by atoms with Gasteiger partial charge in [0.2, 0.25) is 5.91 Å². The Morgan fingerprint density at radius 1 is 1.31 bits per heavy atom. The van der Waals surface area contributed by atoms with Crippen LogP contribution in [-0.2, 0) is 4.79 Å². The summed E-state index contributed by atoms with van der Waals surface area (Å²) in [6.45, 7) is 2.91. The zero-order valence-electron chi connectivity index (χ0n) is 15.1. The van der Waals surface area contributed by atoms with Crippen LogP contribution < -0.4 is 20.3 Å². The molecule has 2 aliphatic rings. The first-order chi connectivity index (χ1) is 11.8. The lowest BCUT2D eigenvalue weighted by Crippen LogP contribution is -2.47.